The van der Waals surface area contributed by atoms with Gasteiger partial charge < -0.3 is 14.4 Å². The van der Waals surface area contributed by atoms with Crippen LogP contribution >= 0.6 is 11.6 Å². The van der Waals surface area contributed by atoms with Gasteiger partial charge in [-0.2, -0.15) is 0 Å². The SMILES string of the molecule is COc1c(Cl)ncnc1N1CCOC(C)C1. The van der Waals surface area contributed by atoms with E-state index in [0.717, 1.165) is 18.9 Å². The molecule has 2 heterocycles. The van der Waals surface area contributed by atoms with Crippen molar-refractivity contribution in [3.05, 3.63) is 11.5 Å². The molecule has 1 fully saturated rings. The highest BCUT2D eigenvalue weighted by Gasteiger charge is 2.22. The quantitative estimate of drug-likeness (QED) is 0.734. The van der Waals surface area contributed by atoms with Gasteiger partial charge in [0.1, 0.15) is 6.33 Å². The Balaban J connectivity index is 2.28. The molecule has 0 amide bonds. The Labute approximate surface area is 99.3 Å². The van der Waals surface area contributed by atoms with Crippen molar-refractivity contribution in [1.29, 1.82) is 0 Å². The largest absolute Gasteiger partial charge is 0.490 e. The van der Waals surface area contributed by atoms with Gasteiger partial charge in [0.05, 0.1) is 19.8 Å². The Hall–Kier alpha value is -1.07. The number of aromatic nitrogens is 2. The Morgan fingerprint density at radius 2 is 2.38 bits per heavy atom. The van der Waals surface area contributed by atoms with Gasteiger partial charge in [0.15, 0.2) is 16.7 Å². The van der Waals surface area contributed by atoms with Crippen LogP contribution < -0.4 is 9.64 Å². The summed E-state index contributed by atoms with van der Waals surface area (Å²) in [6, 6.07) is 0. The number of morpholine rings is 1. The monoisotopic (exact) mass is 243 g/mol. The van der Waals surface area contributed by atoms with E-state index in [1.54, 1.807) is 7.11 Å². The molecule has 1 aliphatic heterocycles. The zero-order chi connectivity index (χ0) is 11.5. The number of halogens is 1. The highest BCUT2D eigenvalue weighted by Crippen LogP contribution is 2.32. The smallest absolute Gasteiger partial charge is 0.199 e. The van der Waals surface area contributed by atoms with Gasteiger partial charge in [-0.3, -0.25) is 0 Å². The fourth-order valence-electron chi connectivity index (χ4n) is 1.76. The fraction of sp³-hybridized carbons (Fsp3) is 0.600. The van der Waals surface area contributed by atoms with E-state index in [9.17, 15) is 0 Å². The summed E-state index contributed by atoms with van der Waals surface area (Å²) in [5.41, 5.74) is 0. The summed E-state index contributed by atoms with van der Waals surface area (Å²) in [4.78, 5) is 10.2. The summed E-state index contributed by atoms with van der Waals surface area (Å²) < 4.78 is 10.7. The average Bonchev–Trinajstić information content (AvgIpc) is 2.28. The van der Waals surface area contributed by atoms with Crippen molar-refractivity contribution in [1.82, 2.24) is 9.97 Å². The Morgan fingerprint density at radius 1 is 1.56 bits per heavy atom. The molecule has 0 radical (unpaired) electrons. The molecule has 0 spiro atoms. The maximum absolute atomic E-state index is 5.95. The normalized spacial score (nSPS) is 20.9. The first-order valence-corrected chi connectivity index (χ1v) is 5.51. The summed E-state index contributed by atoms with van der Waals surface area (Å²) in [5, 5.41) is 0.339. The molecule has 5 nitrogen and oxygen atoms in total. The Morgan fingerprint density at radius 3 is 3.06 bits per heavy atom. The first-order valence-electron chi connectivity index (χ1n) is 5.13. The van der Waals surface area contributed by atoms with Gasteiger partial charge in [-0.05, 0) is 6.92 Å². The van der Waals surface area contributed by atoms with Crippen LogP contribution in [0.25, 0.3) is 0 Å². The number of nitrogens with zero attached hydrogens (tertiary/aromatic N) is 3. The lowest BCUT2D eigenvalue weighted by atomic mass is 10.3. The van der Waals surface area contributed by atoms with E-state index in [2.05, 4.69) is 14.9 Å². The molecule has 1 unspecified atom stereocenters. The molecule has 0 aliphatic carbocycles. The van der Waals surface area contributed by atoms with E-state index < -0.39 is 0 Å². The van der Waals surface area contributed by atoms with Crippen molar-refractivity contribution in [2.45, 2.75) is 13.0 Å². The molecule has 2 rings (SSSR count). The molecular formula is C10H14ClN3O2. The van der Waals surface area contributed by atoms with Gasteiger partial charge in [0.2, 0.25) is 0 Å². The van der Waals surface area contributed by atoms with E-state index in [4.69, 9.17) is 21.1 Å². The van der Waals surface area contributed by atoms with Crippen molar-refractivity contribution in [2.24, 2.45) is 0 Å². The lowest BCUT2D eigenvalue weighted by molar-refractivity contribution is 0.0527. The van der Waals surface area contributed by atoms with Gasteiger partial charge in [0, 0.05) is 13.1 Å². The number of hydrogen-bond donors (Lipinski definition) is 0. The summed E-state index contributed by atoms with van der Waals surface area (Å²) in [6.07, 6.45) is 1.63. The molecule has 1 atom stereocenters. The third-order valence-corrected chi connectivity index (χ3v) is 2.76. The predicted octanol–water partition coefficient (Wildman–Crippen LogP) is 1.36. The lowest BCUT2D eigenvalue weighted by Gasteiger charge is -2.32. The average molecular weight is 244 g/mol. The molecular weight excluding hydrogens is 230 g/mol. The van der Waals surface area contributed by atoms with Gasteiger partial charge in [-0.1, -0.05) is 11.6 Å². The van der Waals surface area contributed by atoms with Crippen LogP contribution in [0.15, 0.2) is 6.33 Å². The molecule has 1 aliphatic rings. The number of hydrogen-bond acceptors (Lipinski definition) is 5. The van der Waals surface area contributed by atoms with Crippen LogP contribution in [0.4, 0.5) is 5.82 Å². The Kier molecular flexibility index (Phi) is 3.46. The minimum absolute atomic E-state index is 0.187. The van der Waals surface area contributed by atoms with Crippen LogP contribution in [0.5, 0.6) is 5.75 Å². The third-order valence-electron chi connectivity index (χ3n) is 2.49. The van der Waals surface area contributed by atoms with Gasteiger partial charge in [-0.25, -0.2) is 9.97 Å². The van der Waals surface area contributed by atoms with Crippen LogP contribution in [-0.2, 0) is 4.74 Å². The standard InChI is InChI=1S/C10H14ClN3O2/c1-7-5-14(3-4-16-7)10-8(15-2)9(11)12-6-13-10/h6-7H,3-5H2,1-2H3. The van der Waals surface area contributed by atoms with Crippen molar-refractivity contribution >= 4 is 17.4 Å². The minimum Gasteiger partial charge on any atom is -0.490 e. The van der Waals surface area contributed by atoms with Crippen molar-refractivity contribution in [2.75, 3.05) is 31.7 Å². The van der Waals surface area contributed by atoms with E-state index >= 15 is 0 Å². The van der Waals surface area contributed by atoms with Gasteiger partial charge in [-0.15, -0.1) is 0 Å². The number of rotatable bonds is 2. The molecule has 0 N–H and O–H groups in total. The maximum atomic E-state index is 5.95. The van der Waals surface area contributed by atoms with E-state index in [0.29, 0.717) is 17.5 Å². The van der Waals surface area contributed by atoms with Crippen molar-refractivity contribution < 1.29 is 9.47 Å². The number of anilines is 1. The second-order valence-corrected chi connectivity index (χ2v) is 4.01. The molecule has 0 bridgehead atoms. The van der Waals surface area contributed by atoms with Crippen LogP contribution in [0.2, 0.25) is 5.15 Å². The molecule has 1 saturated heterocycles. The third kappa shape index (κ3) is 2.20. The zero-order valence-corrected chi connectivity index (χ0v) is 10.1. The lowest BCUT2D eigenvalue weighted by Crippen LogP contribution is -2.41. The summed E-state index contributed by atoms with van der Waals surface area (Å²) in [6.45, 7) is 4.28. The van der Waals surface area contributed by atoms with E-state index in [1.165, 1.54) is 6.33 Å². The van der Waals surface area contributed by atoms with E-state index in [1.807, 2.05) is 6.92 Å². The minimum atomic E-state index is 0.187. The van der Waals surface area contributed by atoms with Gasteiger partial charge >= 0.3 is 0 Å². The number of ether oxygens (including phenoxy) is 2. The molecule has 0 saturated carbocycles. The molecule has 88 valence electrons. The molecule has 1 aromatic rings. The van der Waals surface area contributed by atoms with Crippen LogP contribution in [0.1, 0.15) is 6.92 Å². The first kappa shape index (κ1) is 11.4. The molecule has 6 heteroatoms. The predicted molar refractivity (Wildman–Crippen MR) is 61.2 cm³/mol. The highest BCUT2D eigenvalue weighted by molar-refractivity contribution is 6.31. The summed E-state index contributed by atoms with van der Waals surface area (Å²) in [7, 11) is 1.57. The second kappa shape index (κ2) is 4.84. The zero-order valence-electron chi connectivity index (χ0n) is 9.31. The fourth-order valence-corrected chi connectivity index (χ4v) is 1.96. The van der Waals surface area contributed by atoms with Crippen LogP contribution in [0.3, 0.4) is 0 Å². The van der Waals surface area contributed by atoms with Crippen molar-refractivity contribution in [3.63, 3.8) is 0 Å². The van der Waals surface area contributed by atoms with Gasteiger partial charge in [0.25, 0.3) is 0 Å². The Bertz CT molecular complexity index is 375. The molecule has 0 aromatic carbocycles. The summed E-state index contributed by atoms with van der Waals surface area (Å²) >= 11 is 5.95. The number of methoxy groups -OCH3 is 1. The maximum Gasteiger partial charge on any atom is 0.199 e. The molecule has 16 heavy (non-hydrogen) atoms. The van der Waals surface area contributed by atoms with Crippen LogP contribution in [-0.4, -0.2) is 42.9 Å². The van der Waals surface area contributed by atoms with Crippen LogP contribution in [0, 0.1) is 0 Å². The van der Waals surface area contributed by atoms with Crippen molar-refractivity contribution in [3.8, 4) is 5.75 Å². The highest BCUT2D eigenvalue weighted by atomic mass is 35.5. The first-order chi connectivity index (χ1) is 7.72. The topological polar surface area (TPSA) is 47.5 Å². The van der Waals surface area contributed by atoms with E-state index in [-0.39, 0.29) is 6.10 Å². The summed E-state index contributed by atoms with van der Waals surface area (Å²) in [5.74, 6) is 1.26. The second-order valence-electron chi connectivity index (χ2n) is 3.65. The molecule has 1 aromatic heterocycles.